The van der Waals surface area contributed by atoms with Gasteiger partial charge in [-0.3, -0.25) is 9.36 Å². The first-order chi connectivity index (χ1) is 14.7. The number of esters is 1. The van der Waals surface area contributed by atoms with Crippen molar-refractivity contribution in [3.8, 4) is 0 Å². The molecule has 4 N–H and O–H groups in total. The van der Waals surface area contributed by atoms with Crippen LogP contribution in [0.2, 0.25) is 0 Å². The van der Waals surface area contributed by atoms with E-state index in [1.165, 1.54) is 6.20 Å². The molecule has 0 radical (unpaired) electrons. The lowest BCUT2D eigenvalue weighted by molar-refractivity contribution is -0.254. The number of hydrogen-bond donors (Lipinski definition) is 4. The van der Waals surface area contributed by atoms with Crippen molar-refractivity contribution in [2.45, 2.75) is 63.5 Å². The third-order valence-corrected chi connectivity index (χ3v) is 7.04. The zero-order chi connectivity index (χ0) is 23.2. The minimum absolute atomic E-state index is 0.0464. The van der Waals surface area contributed by atoms with Gasteiger partial charge in [-0.1, -0.05) is 5.21 Å². The van der Waals surface area contributed by atoms with E-state index in [0.29, 0.717) is 0 Å². The molecule has 1 aliphatic rings. The van der Waals surface area contributed by atoms with E-state index < -0.39 is 56.5 Å². The van der Waals surface area contributed by atoms with Gasteiger partial charge in [0.25, 0.3) is 0 Å². The van der Waals surface area contributed by atoms with Gasteiger partial charge in [0.15, 0.2) is 11.9 Å². The fourth-order valence-electron chi connectivity index (χ4n) is 3.17. The van der Waals surface area contributed by atoms with Gasteiger partial charge in [-0.25, -0.2) is 4.68 Å². The molecule has 2 rings (SSSR count). The molecule has 0 aliphatic carbocycles. The van der Waals surface area contributed by atoms with E-state index in [9.17, 15) is 29.8 Å². The Morgan fingerprint density at radius 1 is 1.16 bits per heavy atom. The highest BCUT2D eigenvalue weighted by Gasteiger charge is 2.46. The molecule has 0 bridgehead atoms. The highest BCUT2D eigenvalue weighted by atomic mass is 31.2. The Hall–Kier alpha value is -1.44. The summed E-state index contributed by atoms with van der Waals surface area (Å²) in [6, 6.07) is 0. The van der Waals surface area contributed by atoms with Gasteiger partial charge in [-0.2, -0.15) is 0 Å². The monoisotopic (exact) mass is 467 g/mol. The molecule has 2 heterocycles. The standard InChI is InChI=1S/C17H30N3O10P/c1-4-27-17(25)12(31(26,28-5-2)29-6-3)7-10-8-20(19-18-10)16-15(24)14(23)13(22)11(9-21)30-16/h8,11-16,21-24H,4-7,9H2,1-3H3/t11-,12?,13-,14+,15-,16-/m1/s1. The topological polar surface area (TPSA) is 183 Å². The number of ether oxygens (including phenoxy) is 2. The summed E-state index contributed by atoms with van der Waals surface area (Å²) >= 11 is 0. The van der Waals surface area contributed by atoms with E-state index in [-0.39, 0.29) is 31.9 Å². The van der Waals surface area contributed by atoms with Gasteiger partial charge in [-0.15, -0.1) is 5.10 Å². The Balaban J connectivity index is 2.28. The zero-order valence-corrected chi connectivity index (χ0v) is 18.5. The maximum absolute atomic E-state index is 13.2. The fraction of sp³-hybridized carbons (Fsp3) is 0.824. The smallest absolute Gasteiger partial charge is 0.345 e. The summed E-state index contributed by atoms with van der Waals surface area (Å²) in [7, 11) is -3.89. The van der Waals surface area contributed by atoms with Gasteiger partial charge < -0.3 is 38.9 Å². The number of carbonyl (C=O) groups excluding carboxylic acids is 1. The Bertz CT molecular complexity index is 750. The quantitative estimate of drug-likeness (QED) is 0.230. The number of aliphatic hydroxyl groups excluding tert-OH is 4. The predicted molar refractivity (Wildman–Crippen MR) is 104 cm³/mol. The molecule has 0 spiro atoms. The predicted octanol–water partition coefficient (Wildman–Crippen LogP) is -1.01. The number of hydrogen-bond acceptors (Lipinski definition) is 12. The van der Waals surface area contributed by atoms with E-state index in [1.807, 2.05) is 0 Å². The molecule has 1 aromatic rings. The SMILES string of the molecule is CCOC(=O)C(Cc1cn([C@@H]2O[C@H](CO)[C@@H](O)[C@H](O)[C@H]2O)nn1)P(=O)(OCC)OCC. The molecule has 0 aromatic carbocycles. The first kappa shape index (κ1) is 25.8. The van der Waals surface area contributed by atoms with Gasteiger partial charge in [-0.05, 0) is 20.8 Å². The maximum atomic E-state index is 13.2. The van der Waals surface area contributed by atoms with Crippen LogP contribution in [0.1, 0.15) is 32.7 Å². The number of carbonyl (C=O) groups is 1. The van der Waals surface area contributed by atoms with Crippen LogP contribution in [-0.2, 0) is 34.3 Å². The van der Waals surface area contributed by atoms with Gasteiger partial charge >= 0.3 is 13.6 Å². The molecule has 6 atom stereocenters. The van der Waals surface area contributed by atoms with Crippen LogP contribution in [-0.4, -0.2) is 97.9 Å². The Kier molecular flexibility index (Phi) is 9.52. The largest absolute Gasteiger partial charge is 0.465 e. The summed E-state index contributed by atoms with van der Waals surface area (Å²) in [6.45, 7) is 4.39. The van der Waals surface area contributed by atoms with Gasteiger partial charge in [0.05, 0.1) is 38.3 Å². The molecule has 1 saturated heterocycles. The molecule has 31 heavy (non-hydrogen) atoms. The first-order valence-corrected chi connectivity index (χ1v) is 11.6. The summed E-state index contributed by atoms with van der Waals surface area (Å²) in [4.78, 5) is 12.5. The summed E-state index contributed by atoms with van der Waals surface area (Å²) in [5.74, 6) is -0.782. The molecule has 1 fully saturated rings. The van der Waals surface area contributed by atoms with Gasteiger partial charge in [0.2, 0.25) is 0 Å². The van der Waals surface area contributed by atoms with Crippen LogP contribution in [0.25, 0.3) is 0 Å². The van der Waals surface area contributed by atoms with Crippen LogP contribution in [0.4, 0.5) is 0 Å². The molecular weight excluding hydrogens is 437 g/mol. The van der Waals surface area contributed by atoms with Crippen LogP contribution in [0.15, 0.2) is 6.20 Å². The van der Waals surface area contributed by atoms with Crippen molar-refractivity contribution in [2.75, 3.05) is 26.4 Å². The van der Waals surface area contributed by atoms with Gasteiger partial charge in [0, 0.05) is 6.42 Å². The van der Waals surface area contributed by atoms with Crippen LogP contribution in [0.3, 0.4) is 0 Å². The lowest BCUT2D eigenvalue weighted by Gasteiger charge is -2.39. The molecule has 1 aromatic heterocycles. The van der Waals surface area contributed by atoms with Crippen LogP contribution < -0.4 is 0 Å². The Morgan fingerprint density at radius 2 is 1.81 bits per heavy atom. The fourth-order valence-corrected chi connectivity index (χ4v) is 5.07. The average Bonchev–Trinajstić information content (AvgIpc) is 3.19. The third kappa shape index (κ3) is 5.88. The number of aliphatic hydroxyl groups is 4. The lowest BCUT2D eigenvalue weighted by Crippen LogP contribution is -2.56. The summed E-state index contributed by atoms with van der Waals surface area (Å²) < 4.78 is 35.3. The molecule has 1 aliphatic heterocycles. The van der Waals surface area contributed by atoms with Crippen molar-refractivity contribution in [1.29, 1.82) is 0 Å². The molecule has 178 valence electrons. The van der Waals surface area contributed by atoms with Crippen molar-refractivity contribution < 1.29 is 48.3 Å². The van der Waals surface area contributed by atoms with Crippen molar-refractivity contribution in [3.63, 3.8) is 0 Å². The first-order valence-electron chi connectivity index (χ1n) is 9.98. The van der Waals surface area contributed by atoms with E-state index in [1.54, 1.807) is 20.8 Å². The second-order valence-corrected chi connectivity index (χ2v) is 8.98. The number of aromatic nitrogens is 3. The van der Waals surface area contributed by atoms with Crippen molar-refractivity contribution in [3.05, 3.63) is 11.9 Å². The van der Waals surface area contributed by atoms with Crippen molar-refractivity contribution in [1.82, 2.24) is 15.0 Å². The minimum Gasteiger partial charge on any atom is -0.465 e. The second kappa shape index (κ2) is 11.4. The van der Waals surface area contributed by atoms with Crippen molar-refractivity contribution in [2.24, 2.45) is 0 Å². The van der Waals surface area contributed by atoms with Crippen LogP contribution >= 0.6 is 7.60 Å². The van der Waals surface area contributed by atoms with E-state index >= 15 is 0 Å². The average molecular weight is 467 g/mol. The Morgan fingerprint density at radius 3 is 2.35 bits per heavy atom. The summed E-state index contributed by atoms with van der Waals surface area (Å²) in [5.41, 5.74) is -1.11. The number of nitrogens with zero attached hydrogens (tertiary/aromatic N) is 3. The molecule has 14 heteroatoms. The molecule has 13 nitrogen and oxygen atoms in total. The second-order valence-electron chi connectivity index (χ2n) is 6.76. The van der Waals surface area contributed by atoms with E-state index in [2.05, 4.69) is 10.3 Å². The summed E-state index contributed by atoms with van der Waals surface area (Å²) in [5, 5.41) is 47.2. The highest BCUT2D eigenvalue weighted by molar-refractivity contribution is 7.55. The van der Waals surface area contributed by atoms with Crippen LogP contribution in [0, 0.1) is 0 Å². The normalized spacial score (nSPS) is 27.8. The van der Waals surface area contributed by atoms with E-state index in [4.69, 9.17) is 18.5 Å². The van der Waals surface area contributed by atoms with E-state index in [0.717, 1.165) is 4.68 Å². The van der Waals surface area contributed by atoms with Gasteiger partial charge in [0.1, 0.15) is 24.4 Å². The summed E-state index contributed by atoms with van der Waals surface area (Å²) in [6.07, 6.45) is -5.94. The highest BCUT2D eigenvalue weighted by Crippen LogP contribution is 2.54. The number of rotatable bonds is 11. The molecular formula is C17H30N3O10P. The molecule has 0 amide bonds. The minimum atomic E-state index is -3.89. The maximum Gasteiger partial charge on any atom is 0.345 e. The third-order valence-electron chi connectivity index (χ3n) is 4.65. The zero-order valence-electron chi connectivity index (χ0n) is 17.6. The Labute approximate surface area is 179 Å². The van der Waals surface area contributed by atoms with Crippen molar-refractivity contribution >= 4 is 13.6 Å². The van der Waals surface area contributed by atoms with Crippen LogP contribution in [0.5, 0.6) is 0 Å². The lowest BCUT2D eigenvalue weighted by atomic mass is 9.98. The molecule has 1 unspecified atom stereocenters. The molecule has 0 saturated carbocycles.